The van der Waals surface area contributed by atoms with Crippen LogP contribution in [0.4, 0.5) is 0 Å². The van der Waals surface area contributed by atoms with Crippen molar-refractivity contribution in [1.29, 1.82) is 0 Å². The second kappa shape index (κ2) is 7.11. The van der Waals surface area contributed by atoms with E-state index in [1.807, 2.05) is 36.5 Å². The molecule has 4 rings (SSSR count). The molecule has 6 heteroatoms. The van der Waals surface area contributed by atoms with Gasteiger partial charge in [-0.25, -0.2) is 12.4 Å². The van der Waals surface area contributed by atoms with Crippen LogP contribution in [0.1, 0.15) is 18.5 Å². The summed E-state index contributed by atoms with van der Waals surface area (Å²) in [6.45, 7) is 6.22. The molecule has 0 unspecified atom stereocenters. The van der Waals surface area contributed by atoms with E-state index in [1.54, 1.807) is 24.3 Å². The Bertz CT molecular complexity index is 1040. The number of piperazine rings is 1. The molecule has 1 aliphatic heterocycles. The van der Waals surface area contributed by atoms with E-state index in [-0.39, 0.29) is 6.04 Å². The summed E-state index contributed by atoms with van der Waals surface area (Å²) in [5.41, 5.74) is 1.80. The second-order valence-corrected chi connectivity index (χ2v) is 9.05. The number of aromatic nitrogens is 1. The van der Waals surface area contributed by atoms with Crippen molar-refractivity contribution < 1.29 is 8.42 Å². The van der Waals surface area contributed by atoms with E-state index < -0.39 is 10.0 Å². The van der Waals surface area contributed by atoms with Crippen molar-refractivity contribution in [3.8, 4) is 0 Å². The van der Waals surface area contributed by atoms with Crippen LogP contribution in [0.3, 0.4) is 0 Å². The number of benzene rings is 2. The Morgan fingerprint density at radius 3 is 2.22 bits per heavy atom. The molecule has 142 valence electrons. The number of hydrogen-bond acceptors (Lipinski definition) is 4. The fourth-order valence-electron chi connectivity index (χ4n) is 3.82. The first kappa shape index (κ1) is 18.2. The van der Waals surface area contributed by atoms with Crippen molar-refractivity contribution in [2.75, 3.05) is 33.2 Å². The fourth-order valence-corrected chi connectivity index (χ4v) is 5.22. The predicted molar refractivity (Wildman–Crippen MR) is 108 cm³/mol. The van der Waals surface area contributed by atoms with Crippen LogP contribution in [-0.4, -0.2) is 55.4 Å². The maximum atomic E-state index is 13.2. The van der Waals surface area contributed by atoms with Gasteiger partial charge in [0.25, 0.3) is 10.0 Å². The van der Waals surface area contributed by atoms with Crippen LogP contribution in [0.15, 0.2) is 65.7 Å². The first-order valence-electron chi connectivity index (χ1n) is 9.31. The van der Waals surface area contributed by atoms with Crippen LogP contribution < -0.4 is 0 Å². The summed E-state index contributed by atoms with van der Waals surface area (Å²) in [5, 5.41) is 1.00. The molecule has 0 N–H and O–H groups in total. The zero-order valence-electron chi connectivity index (χ0n) is 15.7. The van der Waals surface area contributed by atoms with E-state index in [1.165, 1.54) is 3.97 Å². The molecular formula is C21H25N3O2S. The molecule has 2 aromatic carbocycles. The molecule has 1 atom stereocenters. The van der Waals surface area contributed by atoms with E-state index >= 15 is 0 Å². The quantitative estimate of drug-likeness (QED) is 0.694. The van der Waals surface area contributed by atoms with Gasteiger partial charge < -0.3 is 4.90 Å². The van der Waals surface area contributed by atoms with Crippen LogP contribution in [0, 0.1) is 0 Å². The summed E-state index contributed by atoms with van der Waals surface area (Å²) >= 11 is 0. The molecule has 27 heavy (non-hydrogen) atoms. The molecule has 1 aromatic heterocycles. The van der Waals surface area contributed by atoms with Gasteiger partial charge in [-0.1, -0.05) is 36.4 Å². The van der Waals surface area contributed by atoms with Crippen molar-refractivity contribution in [2.45, 2.75) is 17.9 Å². The maximum absolute atomic E-state index is 13.2. The molecule has 1 fully saturated rings. The minimum atomic E-state index is -3.63. The monoisotopic (exact) mass is 383 g/mol. The standard InChI is InChI=1S/C21H25N3O2S/c1-17(23-14-12-22(2)13-15-23)20-16-24(21-11-7-6-10-19(20)21)27(25,26)18-8-4-3-5-9-18/h3-11,16-17H,12-15H2,1-2H3/t17-/m1/s1. The molecule has 0 bridgehead atoms. The Labute approximate surface area is 160 Å². The van der Waals surface area contributed by atoms with E-state index in [4.69, 9.17) is 0 Å². The molecule has 0 aliphatic carbocycles. The molecule has 3 aromatic rings. The average molecular weight is 384 g/mol. The summed E-state index contributed by atoms with van der Waals surface area (Å²) < 4.78 is 27.9. The minimum Gasteiger partial charge on any atom is -0.304 e. The van der Waals surface area contributed by atoms with Crippen molar-refractivity contribution >= 4 is 20.9 Å². The highest BCUT2D eigenvalue weighted by Crippen LogP contribution is 2.32. The van der Waals surface area contributed by atoms with Crippen LogP contribution in [-0.2, 0) is 10.0 Å². The summed E-state index contributed by atoms with van der Waals surface area (Å²) in [6.07, 6.45) is 1.82. The third-order valence-corrected chi connectivity index (χ3v) is 7.23. The van der Waals surface area contributed by atoms with Gasteiger partial charge in [-0.05, 0) is 37.7 Å². The summed E-state index contributed by atoms with van der Waals surface area (Å²) in [6, 6.07) is 16.6. The number of fused-ring (bicyclic) bond motifs is 1. The molecular weight excluding hydrogens is 358 g/mol. The van der Waals surface area contributed by atoms with Gasteiger partial charge in [0.1, 0.15) is 0 Å². The highest BCUT2D eigenvalue weighted by molar-refractivity contribution is 7.90. The molecule has 5 nitrogen and oxygen atoms in total. The number of nitrogens with zero attached hydrogens (tertiary/aromatic N) is 3. The lowest BCUT2D eigenvalue weighted by Crippen LogP contribution is -2.45. The van der Waals surface area contributed by atoms with Crippen molar-refractivity contribution in [1.82, 2.24) is 13.8 Å². The van der Waals surface area contributed by atoms with Crippen LogP contribution in [0.5, 0.6) is 0 Å². The normalized spacial score (nSPS) is 18.0. The lowest BCUT2D eigenvalue weighted by molar-refractivity contribution is 0.119. The van der Waals surface area contributed by atoms with Gasteiger partial charge in [-0.2, -0.15) is 0 Å². The number of rotatable bonds is 4. The largest absolute Gasteiger partial charge is 0.304 e. The Hall–Kier alpha value is -2.15. The zero-order valence-corrected chi connectivity index (χ0v) is 16.6. The van der Waals surface area contributed by atoms with E-state index in [9.17, 15) is 8.42 Å². The topological polar surface area (TPSA) is 45.6 Å². The zero-order chi connectivity index (χ0) is 19.0. The predicted octanol–water partition coefficient (Wildman–Crippen LogP) is 3.19. The van der Waals surface area contributed by atoms with Gasteiger partial charge in [0.15, 0.2) is 0 Å². The number of para-hydroxylation sites is 1. The molecule has 0 saturated carbocycles. The third kappa shape index (κ3) is 3.29. The number of hydrogen-bond donors (Lipinski definition) is 0. The van der Waals surface area contributed by atoms with Gasteiger partial charge in [0.2, 0.25) is 0 Å². The second-order valence-electron chi connectivity index (χ2n) is 7.23. The highest BCUT2D eigenvalue weighted by atomic mass is 32.2. The van der Waals surface area contributed by atoms with Gasteiger partial charge >= 0.3 is 0 Å². The Balaban J connectivity index is 1.80. The average Bonchev–Trinajstić information content (AvgIpc) is 3.09. The molecule has 0 amide bonds. The molecule has 1 aliphatic rings. The van der Waals surface area contributed by atoms with Gasteiger partial charge in [-0.3, -0.25) is 4.90 Å². The van der Waals surface area contributed by atoms with Crippen molar-refractivity contribution in [3.05, 3.63) is 66.4 Å². The summed E-state index contributed by atoms with van der Waals surface area (Å²) in [7, 11) is -1.49. The van der Waals surface area contributed by atoms with E-state index in [2.05, 4.69) is 23.8 Å². The van der Waals surface area contributed by atoms with Crippen LogP contribution >= 0.6 is 0 Å². The molecule has 2 heterocycles. The molecule has 0 radical (unpaired) electrons. The lowest BCUT2D eigenvalue weighted by Gasteiger charge is -2.36. The highest BCUT2D eigenvalue weighted by Gasteiger charge is 2.26. The molecule has 0 spiro atoms. The minimum absolute atomic E-state index is 0.163. The van der Waals surface area contributed by atoms with Gasteiger partial charge in [-0.15, -0.1) is 0 Å². The molecule has 1 saturated heterocycles. The number of likely N-dealkylation sites (N-methyl/N-ethyl adjacent to an activating group) is 1. The van der Waals surface area contributed by atoms with Gasteiger partial charge in [0, 0.05) is 43.8 Å². The summed E-state index contributed by atoms with van der Waals surface area (Å²) in [5.74, 6) is 0. The third-order valence-electron chi connectivity index (χ3n) is 5.54. The van der Waals surface area contributed by atoms with Gasteiger partial charge in [0.05, 0.1) is 10.4 Å². The van der Waals surface area contributed by atoms with Crippen LogP contribution in [0.25, 0.3) is 10.9 Å². The van der Waals surface area contributed by atoms with Crippen LogP contribution in [0.2, 0.25) is 0 Å². The van der Waals surface area contributed by atoms with Crippen molar-refractivity contribution in [3.63, 3.8) is 0 Å². The first-order chi connectivity index (χ1) is 13.0. The first-order valence-corrected chi connectivity index (χ1v) is 10.8. The Kier molecular flexibility index (Phi) is 4.80. The van der Waals surface area contributed by atoms with E-state index in [0.29, 0.717) is 4.90 Å². The van der Waals surface area contributed by atoms with E-state index in [0.717, 1.165) is 42.6 Å². The Morgan fingerprint density at radius 2 is 1.52 bits per heavy atom. The smallest absolute Gasteiger partial charge is 0.268 e. The Morgan fingerprint density at radius 1 is 0.889 bits per heavy atom. The lowest BCUT2D eigenvalue weighted by atomic mass is 10.1. The maximum Gasteiger partial charge on any atom is 0.268 e. The van der Waals surface area contributed by atoms with Crippen molar-refractivity contribution in [2.24, 2.45) is 0 Å². The fraction of sp³-hybridized carbons (Fsp3) is 0.333. The SMILES string of the molecule is C[C@H](c1cn(S(=O)(=O)c2ccccc2)c2ccccc12)N1CCN(C)CC1. The summed E-state index contributed by atoms with van der Waals surface area (Å²) in [4.78, 5) is 5.07.